The monoisotopic (exact) mass is 466 g/mol. The van der Waals surface area contributed by atoms with Crippen molar-refractivity contribution in [1.29, 1.82) is 0 Å². The molecule has 2 aromatic carbocycles. The minimum Gasteiger partial charge on any atom is -0.462 e. The van der Waals surface area contributed by atoms with Crippen LogP contribution >= 0.6 is 11.6 Å². The number of anilines is 2. The van der Waals surface area contributed by atoms with Gasteiger partial charge in [-0.15, -0.1) is 0 Å². The molecule has 3 N–H and O–H groups in total. The summed E-state index contributed by atoms with van der Waals surface area (Å²) in [7, 11) is -4.17. The van der Waals surface area contributed by atoms with Crippen LogP contribution < -0.4 is 10.5 Å². The molecular weight excluding hydrogens is 452 g/mol. The average molecular weight is 467 g/mol. The Kier molecular flexibility index (Phi) is 6.24. The normalized spacial score (nSPS) is 11.2. The zero-order chi connectivity index (χ0) is 22.8. The van der Waals surface area contributed by atoms with Crippen LogP contribution in [0.5, 0.6) is 0 Å². The molecule has 162 valence electrons. The second-order valence-electron chi connectivity index (χ2n) is 6.07. The Labute approximate surface area is 180 Å². The fourth-order valence-electron chi connectivity index (χ4n) is 2.64. The predicted octanol–water partition coefficient (Wildman–Crippen LogP) is 3.47. The first-order chi connectivity index (χ1) is 14.6. The van der Waals surface area contributed by atoms with Gasteiger partial charge < -0.3 is 14.6 Å². The number of halogens is 1. The third kappa shape index (κ3) is 4.82. The lowest BCUT2D eigenvalue weighted by molar-refractivity contribution is -0.384. The number of ether oxygens (including phenoxy) is 1. The molecule has 0 aliphatic heterocycles. The van der Waals surface area contributed by atoms with Gasteiger partial charge in [0.1, 0.15) is 11.4 Å². The van der Waals surface area contributed by atoms with Crippen molar-refractivity contribution in [1.82, 2.24) is 5.16 Å². The van der Waals surface area contributed by atoms with Crippen molar-refractivity contribution in [2.45, 2.75) is 11.8 Å². The summed E-state index contributed by atoms with van der Waals surface area (Å²) < 4.78 is 33.3. The summed E-state index contributed by atoms with van der Waals surface area (Å²) in [6.07, 6.45) is 0. The summed E-state index contributed by atoms with van der Waals surface area (Å²) >= 11 is 5.89. The maximum atomic E-state index is 12.6. The van der Waals surface area contributed by atoms with E-state index >= 15 is 0 Å². The standard InChI is InChI=1S/C18H15ClN4O7S/c1-2-29-18(24)15-16(10-3-5-11(19)6-4-10)22-30-17(15)21-13-8-7-12(31(20,27)28)9-14(13)23(25)26/h3-9,21H,2H2,1H3,(H2,20,27,28). The van der Waals surface area contributed by atoms with Crippen LogP contribution in [-0.4, -0.2) is 31.1 Å². The molecule has 3 aromatic rings. The number of nitro benzene ring substituents is 1. The quantitative estimate of drug-likeness (QED) is 0.300. The highest BCUT2D eigenvalue weighted by atomic mass is 35.5. The zero-order valence-corrected chi connectivity index (χ0v) is 17.4. The fourth-order valence-corrected chi connectivity index (χ4v) is 3.30. The highest BCUT2D eigenvalue weighted by Crippen LogP contribution is 2.35. The Morgan fingerprint density at radius 1 is 1.29 bits per heavy atom. The van der Waals surface area contributed by atoms with Crippen molar-refractivity contribution >= 4 is 44.9 Å². The van der Waals surface area contributed by atoms with E-state index in [4.69, 9.17) is 26.0 Å². The van der Waals surface area contributed by atoms with Crippen molar-refractivity contribution in [3.63, 3.8) is 0 Å². The molecule has 0 saturated heterocycles. The Morgan fingerprint density at radius 3 is 2.55 bits per heavy atom. The molecule has 0 radical (unpaired) electrons. The SMILES string of the molecule is CCOC(=O)c1c(-c2ccc(Cl)cc2)noc1Nc1ccc(S(N)(=O)=O)cc1[N+](=O)[O-]. The molecule has 0 fully saturated rings. The number of sulfonamides is 1. The van der Waals surface area contributed by atoms with Gasteiger partial charge in [0, 0.05) is 16.7 Å². The van der Waals surface area contributed by atoms with Crippen LogP contribution in [0.2, 0.25) is 5.02 Å². The van der Waals surface area contributed by atoms with E-state index in [1.807, 2.05) is 0 Å². The smallest absolute Gasteiger partial charge is 0.346 e. The van der Waals surface area contributed by atoms with Crippen molar-refractivity contribution in [2.75, 3.05) is 11.9 Å². The van der Waals surface area contributed by atoms with E-state index in [2.05, 4.69) is 10.5 Å². The number of carbonyl (C=O) groups is 1. The van der Waals surface area contributed by atoms with E-state index in [-0.39, 0.29) is 29.4 Å². The van der Waals surface area contributed by atoms with Crippen LogP contribution in [0.4, 0.5) is 17.3 Å². The van der Waals surface area contributed by atoms with Gasteiger partial charge in [0.15, 0.2) is 5.56 Å². The minimum atomic E-state index is -4.17. The fraction of sp³-hybridized carbons (Fsp3) is 0.111. The van der Waals surface area contributed by atoms with Crippen LogP contribution in [0.15, 0.2) is 51.9 Å². The van der Waals surface area contributed by atoms with Crippen LogP contribution in [0, 0.1) is 10.1 Å². The summed E-state index contributed by atoms with van der Waals surface area (Å²) in [5.74, 6) is -1.00. The number of nitro groups is 1. The van der Waals surface area contributed by atoms with Crippen LogP contribution in [0.1, 0.15) is 17.3 Å². The van der Waals surface area contributed by atoms with E-state index in [1.54, 1.807) is 31.2 Å². The first-order valence-corrected chi connectivity index (χ1v) is 10.5. The summed E-state index contributed by atoms with van der Waals surface area (Å²) in [5, 5.41) is 23.4. The minimum absolute atomic E-state index is 0.0622. The van der Waals surface area contributed by atoms with Crippen molar-refractivity contribution in [3.05, 3.63) is 63.2 Å². The molecule has 11 nitrogen and oxygen atoms in total. The van der Waals surface area contributed by atoms with Gasteiger partial charge in [-0.05, 0) is 31.2 Å². The molecule has 0 unspecified atom stereocenters. The number of rotatable bonds is 7. The molecule has 0 saturated carbocycles. The Balaban J connectivity index is 2.10. The number of nitrogens with zero attached hydrogens (tertiary/aromatic N) is 2. The first kappa shape index (κ1) is 22.2. The number of primary sulfonamides is 1. The average Bonchev–Trinajstić information content (AvgIpc) is 3.11. The summed E-state index contributed by atoms with van der Waals surface area (Å²) in [4.78, 5) is 22.8. The largest absolute Gasteiger partial charge is 0.462 e. The van der Waals surface area contributed by atoms with Crippen molar-refractivity contribution in [2.24, 2.45) is 5.14 Å². The lowest BCUT2D eigenvalue weighted by atomic mass is 10.1. The van der Waals surface area contributed by atoms with E-state index in [0.717, 1.165) is 18.2 Å². The lowest BCUT2D eigenvalue weighted by Crippen LogP contribution is -2.13. The number of carbonyl (C=O) groups excluding carboxylic acids is 1. The Hall–Kier alpha value is -3.48. The third-order valence-electron chi connectivity index (χ3n) is 4.03. The second kappa shape index (κ2) is 8.71. The predicted molar refractivity (Wildman–Crippen MR) is 111 cm³/mol. The molecule has 0 bridgehead atoms. The Morgan fingerprint density at radius 2 is 1.97 bits per heavy atom. The maximum Gasteiger partial charge on any atom is 0.346 e. The molecule has 0 amide bonds. The van der Waals surface area contributed by atoms with Crippen LogP contribution in [-0.2, 0) is 14.8 Å². The van der Waals surface area contributed by atoms with Gasteiger partial charge in [-0.2, -0.15) is 0 Å². The molecule has 0 aliphatic carbocycles. The van der Waals surface area contributed by atoms with E-state index < -0.39 is 31.5 Å². The van der Waals surface area contributed by atoms with E-state index in [9.17, 15) is 23.3 Å². The summed E-state index contributed by atoms with van der Waals surface area (Å²) in [5.41, 5.74) is -0.244. The zero-order valence-electron chi connectivity index (χ0n) is 15.9. The number of nitrogens with one attached hydrogen (secondary N) is 1. The summed E-state index contributed by atoms with van der Waals surface area (Å²) in [6.45, 7) is 1.67. The molecule has 0 spiro atoms. The van der Waals surface area contributed by atoms with Crippen LogP contribution in [0.3, 0.4) is 0 Å². The molecule has 13 heteroatoms. The first-order valence-electron chi connectivity index (χ1n) is 8.62. The number of esters is 1. The molecule has 0 aliphatic rings. The van der Waals surface area contributed by atoms with Gasteiger partial charge in [-0.1, -0.05) is 28.9 Å². The third-order valence-corrected chi connectivity index (χ3v) is 5.19. The molecular formula is C18H15ClN4O7S. The van der Waals surface area contributed by atoms with Crippen LogP contribution in [0.25, 0.3) is 11.3 Å². The number of aromatic nitrogens is 1. The lowest BCUT2D eigenvalue weighted by Gasteiger charge is -2.08. The number of benzene rings is 2. The molecule has 1 heterocycles. The van der Waals surface area contributed by atoms with Gasteiger partial charge in [0.25, 0.3) is 5.69 Å². The highest BCUT2D eigenvalue weighted by Gasteiger charge is 2.28. The second-order valence-corrected chi connectivity index (χ2v) is 8.07. The van der Waals surface area contributed by atoms with Gasteiger partial charge in [0.2, 0.25) is 15.9 Å². The Bertz CT molecular complexity index is 1260. The number of hydrogen-bond donors (Lipinski definition) is 2. The van der Waals surface area contributed by atoms with Crippen molar-refractivity contribution in [3.8, 4) is 11.3 Å². The van der Waals surface area contributed by atoms with Gasteiger partial charge in [-0.25, -0.2) is 18.4 Å². The molecule has 31 heavy (non-hydrogen) atoms. The van der Waals surface area contributed by atoms with Crippen molar-refractivity contribution < 1.29 is 27.4 Å². The van der Waals surface area contributed by atoms with E-state index in [0.29, 0.717) is 10.6 Å². The molecule has 1 aromatic heterocycles. The molecule has 0 atom stereocenters. The molecule has 3 rings (SSSR count). The van der Waals surface area contributed by atoms with Gasteiger partial charge in [0.05, 0.1) is 16.4 Å². The van der Waals surface area contributed by atoms with Gasteiger partial charge in [-0.3, -0.25) is 10.1 Å². The maximum absolute atomic E-state index is 12.6. The number of nitrogens with two attached hydrogens (primary N) is 1. The van der Waals surface area contributed by atoms with E-state index in [1.165, 1.54) is 0 Å². The topological polar surface area (TPSA) is 168 Å². The highest BCUT2D eigenvalue weighted by molar-refractivity contribution is 7.89. The van der Waals surface area contributed by atoms with Gasteiger partial charge >= 0.3 is 5.97 Å². The number of hydrogen-bond acceptors (Lipinski definition) is 9. The summed E-state index contributed by atoms with van der Waals surface area (Å²) in [6, 6.07) is 9.38.